The first-order valence-electron chi connectivity index (χ1n) is 12.5. The summed E-state index contributed by atoms with van der Waals surface area (Å²) in [6.07, 6.45) is 2.21. The van der Waals surface area contributed by atoms with E-state index in [2.05, 4.69) is 10.1 Å². The SMILES string of the molecule is Cc1nc(-c2onc(C)c2COC(=O)N(C)[C@H](C)c2ccccc2)ccc1O[C@H]1CCC[C@H](C(=O)O)C1. The fourth-order valence-electron chi connectivity index (χ4n) is 4.56. The summed E-state index contributed by atoms with van der Waals surface area (Å²) in [5, 5.41) is 13.4. The van der Waals surface area contributed by atoms with Gasteiger partial charge in [-0.25, -0.2) is 9.78 Å². The maximum Gasteiger partial charge on any atom is 0.410 e. The fourth-order valence-corrected chi connectivity index (χ4v) is 4.56. The summed E-state index contributed by atoms with van der Waals surface area (Å²) >= 11 is 0. The van der Waals surface area contributed by atoms with Gasteiger partial charge in [-0.1, -0.05) is 35.5 Å². The van der Waals surface area contributed by atoms with Crippen molar-refractivity contribution < 1.29 is 28.7 Å². The van der Waals surface area contributed by atoms with Crippen molar-refractivity contribution >= 4 is 12.1 Å². The number of carboxylic acids is 1. The topological polar surface area (TPSA) is 115 Å². The maximum absolute atomic E-state index is 12.7. The number of carboxylic acid groups (broad SMARTS) is 1. The summed E-state index contributed by atoms with van der Waals surface area (Å²) in [6, 6.07) is 13.2. The molecule has 0 saturated heterocycles. The first-order chi connectivity index (χ1) is 17.7. The Morgan fingerprint density at radius 2 is 1.89 bits per heavy atom. The molecule has 0 spiro atoms. The van der Waals surface area contributed by atoms with Gasteiger partial charge < -0.3 is 24.0 Å². The highest BCUT2D eigenvalue weighted by Crippen LogP contribution is 2.32. The van der Waals surface area contributed by atoms with Crippen LogP contribution in [0.4, 0.5) is 4.79 Å². The van der Waals surface area contributed by atoms with Crippen LogP contribution in [0.5, 0.6) is 5.75 Å². The number of carbonyl (C=O) groups excluding carboxylic acids is 1. The van der Waals surface area contributed by atoms with Gasteiger partial charge in [-0.2, -0.15) is 0 Å². The minimum absolute atomic E-state index is 0.00696. The van der Waals surface area contributed by atoms with E-state index in [1.54, 1.807) is 24.9 Å². The van der Waals surface area contributed by atoms with Crippen molar-refractivity contribution in [3.63, 3.8) is 0 Å². The van der Waals surface area contributed by atoms with E-state index in [4.69, 9.17) is 14.0 Å². The van der Waals surface area contributed by atoms with Gasteiger partial charge in [-0.3, -0.25) is 4.79 Å². The smallest absolute Gasteiger partial charge is 0.410 e. The van der Waals surface area contributed by atoms with Crippen LogP contribution < -0.4 is 4.74 Å². The highest BCUT2D eigenvalue weighted by Gasteiger charge is 2.29. The van der Waals surface area contributed by atoms with Crippen LogP contribution in [0, 0.1) is 19.8 Å². The van der Waals surface area contributed by atoms with Crippen molar-refractivity contribution in [1.82, 2.24) is 15.0 Å². The highest BCUT2D eigenvalue weighted by molar-refractivity contribution is 5.70. The van der Waals surface area contributed by atoms with Crippen LogP contribution in [0.15, 0.2) is 47.0 Å². The largest absolute Gasteiger partial charge is 0.489 e. The Morgan fingerprint density at radius 1 is 1.14 bits per heavy atom. The normalized spacial score (nSPS) is 18.2. The summed E-state index contributed by atoms with van der Waals surface area (Å²) in [4.78, 5) is 30.3. The molecule has 9 nitrogen and oxygen atoms in total. The van der Waals surface area contributed by atoms with Crippen LogP contribution in [-0.4, -0.2) is 45.4 Å². The summed E-state index contributed by atoms with van der Waals surface area (Å²) in [5.41, 5.74) is 3.48. The molecule has 0 radical (unpaired) electrons. The molecule has 3 aromatic rings. The molecule has 0 bridgehead atoms. The Balaban J connectivity index is 1.43. The lowest BCUT2D eigenvalue weighted by molar-refractivity contribution is -0.143. The predicted molar refractivity (Wildman–Crippen MR) is 136 cm³/mol. The van der Waals surface area contributed by atoms with Gasteiger partial charge in [-0.15, -0.1) is 0 Å². The Hall–Kier alpha value is -3.88. The molecular formula is C28H33N3O6. The molecule has 4 rings (SSSR count). The molecule has 1 aliphatic carbocycles. The molecule has 1 amide bonds. The van der Waals surface area contributed by atoms with Crippen LogP contribution in [-0.2, 0) is 16.1 Å². The van der Waals surface area contributed by atoms with E-state index < -0.39 is 12.1 Å². The first kappa shape index (κ1) is 26.2. The van der Waals surface area contributed by atoms with E-state index in [9.17, 15) is 14.7 Å². The standard InChI is InChI=1S/C28H33N3O6/c1-17-23(16-35-28(34)31(4)19(3)20-9-6-5-7-10-20)26(37-30-17)24-13-14-25(18(2)29-24)36-22-12-8-11-21(15-22)27(32)33/h5-7,9-10,13-14,19,21-22H,8,11-12,15-16H2,1-4H3,(H,32,33)/t19-,21+,22+/m1/s1. The minimum atomic E-state index is -0.770. The lowest BCUT2D eigenvalue weighted by Gasteiger charge is -2.27. The summed E-state index contributed by atoms with van der Waals surface area (Å²) in [5.74, 6) is -0.0978. The number of hydrogen-bond donors (Lipinski definition) is 1. The van der Waals surface area contributed by atoms with Crippen molar-refractivity contribution in [1.29, 1.82) is 0 Å². The third kappa shape index (κ3) is 6.10. The number of aliphatic carboxylic acids is 1. The van der Waals surface area contributed by atoms with Crippen molar-refractivity contribution in [3.05, 3.63) is 65.0 Å². The van der Waals surface area contributed by atoms with Crippen LogP contribution in [0.25, 0.3) is 11.5 Å². The zero-order valence-electron chi connectivity index (χ0n) is 21.6. The Labute approximate surface area is 216 Å². The van der Waals surface area contributed by atoms with Gasteiger partial charge in [0.15, 0.2) is 5.76 Å². The second-order valence-corrected chi connectivity index (χ2v) is 9.55. The fraction of sp³-hybridized carbons (Fsp3) is 0.429. The van der Waals surface area contributed by atoms with Gasteiger partial charge in [0.05, 0.1) is 35.0 Å². The van der Waals surface area contributed by atoms with E-state index >= 15 is 0 Å². The summed E-state index contributed by atoms with van der Waals surface area (Å²) < 4.78 is 17.3. The number of pyridine rings is 1. The van der Waals surface area contributed by atoms with Crippen molar-refractivity contribution in [2.75, 3.05) is 7.05 Å². The van der Waals surface area contributed by atoms with Crippen molar-refractivity contribution in [2.24, 2.45) is 5.92 Å². The maximum atomic E-state index is 12.7. The molecule has 1 aliphatic rings. The number of aromatic nitrogens is 2. The minimum Gasteiger partial charge on any atom is -0.489 e. The highest BCUT2D eigenvalue weighted by atomic mass is 16.6. The quantitative estimate of drug-likeness (QED) is 0.413. The Morgan fingerprint density at radius 3 is 2.59 bits per heavy atom. The van der Waals surface area contributed by atoms with Crippen LogP contribution in [0.3, 0.4) is 0 Å². The van der Waals surface area contributed by atoms with Crippen LogP contribution in [0.1, 0.15) is 61.2 Å². The molecule has 1 aromatic carbocycles. The lowest BCUT2D eigenvalue weighted by Crippen LogP contribution is -2.30. The predicted octanol–water partition coefficient (Wildman–Crippen LogP) is 5.71. The molecule has 1 saturated carbocycles. The number of ether oxygens (including phenoxy) is 2. The summed E-state index contributed by atoms with van der Waals surface area (Å²) in [7, 11) is 1.70. The van der Waals surface area contributed by atoms with Gasteiger partial charge in [0.1, 0.15) is 18.1 Å². The summed E-state index contributed by atoms with van der Waals surface area (Å²) in [6.45, 7) is 5.56. The van der Waals surface area contributed by atoms with Crippen LogP contribution >= 0.6 is 0 Å². The first-order valence-corrected chi connectivity index (χ1v) is 12.5. The van der Waals surface area contributed by atoms with E-state index in [1.807, 2.05) is 50.2 Å². The molecular weight excluding hydrogens is 474 g/mol. The number of carbonyl (C=O) groups is 2. The zero-order chi connectivity index (χ0) is 26.5. The molecule has 2 aromatic heterocycles. The van der Waals surface area contributed by atoms with E-state index in [-0.39, 0.29) is 24.7 Å². The average molecular weight is 508 g/mol. The number of aryl methyl sites for hydroxylation is 2. The van der Waals surface area contributed by atoms with Gasteiger partial charge in [0, 0.05) is 7.05 Å². The monoisotopic (exact) mass is 507 g/mol. The molecule has 2 heterocycles. The Bertz CT molecular complexity index is 1240. The molecule has 1 N–H and O–H groups in total. The number of benzene rings is 1. The second kappa shape index (κ2) is 11.5. The number of amides is 1. The van der Waals surface area contributed by atoms with Gasteiger partial charge in [0.25, 0.3) is 0 Å². The Kier molecular flexibility index (Phi) is 8.11. The number of rotatable bonds is 8. The van der Waals surface area contributed by atoms with E-state index in [1.165, 1.54) is 0 Å². The third-order valence-corrected chi connectivity index (χ3v) is 7.01. The molecule has 3 atom stereocenters. The van der Waals surface area contributed by atoms with E-state index in [0.717, 1.165) is 18.4 Å². The average Bonchev–Trinajstić information content (AvgIpc) is 3.28. The van der Waals surface area contributed by atoms with Gasteiger partial charge >= 0.3 is 12.1 Å². The molecule has 0 unspecified atom stereocenters. The van der Waals surface area contributed by atoms with E-state index in [0.29, 0.717) is 47.0 Å². The molecule has 37 heavy (non-hydrogen) atoms. The third-order valence-electron chi connectivity index (χ3n) is 7.01. The van der Waals surface area contributed by atoms with Gasteiger partial charge in [0.2, 0.25) is 0 Å². The zero-order valence-corrected chi connectivity index (χ0v) is 21.6. The van der Waals surface area contributed by atoms with Gasteiger partial charge in [-0.05, 0) is 64.2 Å². The second-order valence-electron chi connectivity index (χ2n) is 9.55. The number of nitrogens with zero attached hydrogens (tertiary/aromatic N) is 3. The molecule has 0 aliphatic heterocycles. The van der Waals surface area contributed by atoms with Crippen LogP contribution in [0.2, 0.25) is 0 Å². The lowest BCUT2D eigenvalue weighted by atomic mass is 9.87. The number of hydrogen-bond acceptors (Lipinski definition) is 7. The molecule has 9 heteroatoms. The van der Waals surface area contributed by atoms with Crippen molar-refractivity contribution in [3.8, 4) is 17.2 Å². The molecule has 1 fully saturated rings. The molecule has 196 valence electrons. The van der Waals surface area contributed by atoms with Crippen molar-refractivity contribution in [2.45, 2.75) is 65.2 Å².